The Morgan fingerprint density at radius 1 is 0.370 bits per heavy atom. The molecule has 1 aliphatic heterocycles. The SMILES string of the molecule is c1ccc(-c2nc(-c3ccccc3)nc(-c3ccc(-n4c5ccccc5c5cc(-c6ccc7c(c6)-c6cccc8cccc(c68)S7)ccc54)cc3)n2)cc1. The number of rotatable bonds is 5. The first-order chi connectivity index (χ1) is 26.7. The maximum Gasteiger partial charge on any atom is 0.164 e. The number of hydrogen-bond acceptors (Lipinski definition) is 4. The summed E-state index contributed by atoms with van der Waals surface area (Å²) in [5.41, 5.74) is 11.3. The fourth-order valence-corrected chi connectivity index (χ4v) is 9.00. The first kappa shape index (κ1) is 30.8. The van der Waals surface area contributed by atoms with Gasteiger partial charge in [-0.15, -0.1) is 0 Å². The molecule has 5 heteroatoms. The van der Waals surface area contributed by atoms with Crippen molar-refractivity contribution < 1.29 is 0 Å². The quantitative estimate of drug-likeness (QED) is 0.179. The Balaban J connectivity index is 1.00. The molecular weight excluding hydrogens is 677 g/mol. The van der Waals surface area contributed by atoms with Crippen molar-refractivity contribution in [3.63, 3.8) is 0 Å². The lowest BCUT2D eigenvalue weighted by molar-refractivity contribution is 1.07. The van der Waals surface area contributed by atoms with E-state index in [1.807, 2.05) is 72.4 Å². The highest BCUT2D eigenvalue weighted by atomic mass is 32.2. The number of benzene rings is 8. The number of para-hydroxylation sites is 1. The van der Waals surface area contributed by atoms with Crippen LogP contribution in [0.3, 0.4) is 0 Å². The maximum atomic E-state index is 4.95. The van der Waals surface area contributed by atoms with E-state index in [1.165, 1.54) is 59.1 Å². The molecule has 10 aromatic rings. The molecule has 1 aliphatic rings. The van der Waals surface area contributed by atoms with Gasteiger partial charge in [-0.2, -0.15) is 0 Å². The third-order valence-electron chi connectivity index (χ3n) is 10.4. The van der Waals surface area contributed by atoms with Crippen LogP contribution in [-0.4, -0.2) is 19.5 Å². The minimum Gasteiger partial charge on any atom is -0.309 e. The first-order valence-electron chi connectivity index (χ1n) is 18.1. The molecule has 8 aromatic carbocycles. The van der Waals surface area contributed by atoms with Crippen LogP contribution in [0.15, 0.2) is 192 Å². The highest BCUT2D eigenvalue weighted by Crippen LogP contribution is 2.49. The van der Waals surface area contributed by atoms with Crippen molar-refractivity contribution in [1.29, 1.82) is 0 Å². The molecule has 2 aromatic heterocycles. The van der Waals surface area contributed by atoms with Crippen LogP contribution in [0.5, 0.6) is 0 Å². The Labute approximate surface area is 316 Å². The van der Waals surface area contributed by atoms with Crippen molar-refractivity contribution >= 4 is 44.3 Å². The van der Waals surface area contributed by atoms with E-state index < -0.39 is 0 Å². The zero-order valence-electron chi connectivity index (χ0n) is 29.0. The number of aromatic nitrogens is 4. The number of nitrogens with zero attached hydrogens (tertiary/aromatic N) is 4. The fourth-order valence-electron chi connectivity index (χ4n) is 7.87. The second-order valence-electron chi connectivity index (χ2n) is 13.6. The van der Waals surface area contributed by atoms with Crippen LogP contribution in [0.2, 0.25) is 0 Å². The molecule has 0 saturated heterocycles. The Morgan fingerprint density at radius 3 is 1.67 bits per heavy atom. The molecule has 0 radical (unpaired) electrons. The lowest BCUT2D eigenvalue weighted by Gasteiger charge is -2.21. The van der Waals surface area contributed by atoms with Gasteiger partial charge < -0.3 is 4.57 Å². The number of hydrogen-bond donors (Lipinski definition) is 0. The van der Waals surface area contributed by atoms with Crippen LogP contribution < -0.4 is 0 Å². The molecule has 0 unspecified atom stereocenters. The van der Waals surface area contributed by atoms with Gasteiger partial charge in [0.15, 0.2) is 17.5 Å². The Kier molecular flexibility index (Phi) is 7.07. The van der Waals surface area contributed by atoms with Gasteiger partial charge in [-0.05, 0) is 88.3 Å². The zero-order valence-corrected chi connectivity index (χ0v) is 29.8. The van der Waals surface area contributed by atoms with E-state index in [-0.39, 0.29) is 0 Å². The Hall–Kier alpha value is -6.82. The summed E-state index contributed by atoms with van der Waals surface area (Å²) in [6, 6.07) is 64.5. The highest BCUT2D eigenvalue weighted by Gasteiger charge is 2.20. The fraction of sp³-hybridized carbons (Fsp3) is 0. The van der Waals surface area contributed by atoms with Gasteiger partial charge in [0.25, 0.3) is 0 Å². The molecule has 0 N–H and O–H groups in total. The van der Waals surface area contributed by atoms with Gasteiger partial charge in [-0.1, -0.05) is 133 Å². The van der Waals surface area contributed by atoms with Crippen molar-refractivity contribution in [3.05, 3.63) is 182 Å². The monoisotopic (exact) mass is 706 g/mol. The second kappa shape index (κ2) is 12.4. The van der Waals surface area contributed by atoms with Crippen LogP contribution in [-0.2, 0) is 0 Å². The van der Waals surface area contributed by atoms with Gasteiger partial charge >= 0.3 is 0 Å². The van der Waals surface area contributed by atoms with Crippen LogP contribution in [0.4, 0.5) is 0 Å². The summed E-state index contributed by atoms with van der Waals surface area (Å²) in [4.78, 5) is 17.4. The average Bonchev–Trinajstić information content (AvgIpc) is 3.58. The lowest BCUT2D eigenvalue weighted by Crippen LogP contribution is -2.00. The summed E-state index contributed by atoms with van der Waals surface area (Å²) < 4.78 is 2.36. The molecule has 252 valence electrons. The van der Waals surface area contributed by atoms with E-state index in [4.69, 9.17) is 15.0 Å². The van der Waals surface area contributed by atoms with Crippen LogP contribution in [0.25, 0.3) is 94.7 Å². The maximum absolute atomic E-state index is 4.95. The molecule has 0 spiro atoms. The highest BCUT2D eigenvalue weighted by molar-refractivity contribution is 7.99. The summed E-state index contributed by atoms with van der Waals surface area (Å²) in [6.07, 6.45) is 0. The molecular formula is C49H30N4S. The van der Waals surface area contributed by atoms with Gasteiger partial charge in [-0.25, -0.2) is 15.0 Å². The number of fused-ring (bicyclic) bond motifs is 5. The minimum absolute atomic E-state index is 0.643. The summed E-state index contributed by atoms with van der Waals surface area (Å²) in [5, 5.41) is 5.09. The van der Waals surface area contributed by atoms with E-state index in [0.29, 0.717) is 17.5 Å². The topological polar surface area (TPSA) is 43.6 Å². The normalized spacial score (nSPS) is 12.0. The molecule has 0 saturated carbocycles. The van der Waals surface area contributed by atoms with Gasteiger partial charge in [0.1, 0.15) is 0 Å². The van der Waals surface area contributed by atoms with Crippen molar-refractivity contribution in [3.8, 4) is 62.1 Å². The summed E-state index contributed by atoms with van der Waals surface area (Å²) in [7, 11) is 0. The predicted octanol–water partition coefficient (Wildman–Crippen LogP) is 12.9. The Morgan fingerprint density at radius 2 is 0.944 bits per heavy atom. The van der Waals surface area contributed by atoms with Crippen LogP contribution >= 0.6 is 11.8 Å². The Bertz CT molecular complexity index is 3000. The molecule has 11 rings (SSSR count). The van der Waals surface area contributed by atoms with Gasteiger partial charge in [0, 0.05) is 48.3 Å². The van der Waals surface area contributed by atoms with Crippen molar-refractivity contribution in [2.45, 2.75) is 9.79 Å². The molecule has 0 bridgehead atoms. The molecule has 0 amide bonds. The molecule has 0 aliphatic carbocycles. The van der Waals surface area contributed by atoms with Crippen molar-refractivity contribution in [2.24, 2.45) is 0 Å². The van der Waals surface area contributed by atoms with Gasteiger partial charge in [-0.3, -0.25) is 0 Å². The lowest BCUT2D eigenvalue weighted by atomic mass is 9.94. The second-order valence-corrected chi connectivity index (χ2v) is 14.7. The third-order valence-corrected chi connectivity index (χ3v) is 11.6. The first-order valence-corrected chi connectivity index (χ1v) is 18.9. The largest absolute Gasteiger partial charge is 0.309 e. The summed E-state index contributed by atoms with van der Waals surface area (Å²) >= 11 is 1.87. The van der Waals surface area contributed by atoms with E-state index >= 15 is 0 Å². The molecule has 54 heavy (non-hydrogen) atoms. The van der Waals surface area contributed by atoms with E-state index in [0.717, 1.165) is 27.9 Å². The molecule has 3 heterocycles. The van der Waals surface area contributed by atoms with E-state index in [2.05, 4.69) is 126 Å². The van der Waals surface area contributed by atoms with Crippen LogP contribution in [0.1, 0.15) is 0 Å². The third kappa shape index (κ3) is 5.05. The average molecular weight is 707 g/mol. The van der Waals surface area contributed by atoms with Gasteiger partial charge in [0.2, 0.25) is 0 Å². The standard InChI is InChI=1S/C49H30N4S/c1-3-11-32(12-4-1)47-50-48(33-13-5-2-6-14-33)52-49(51-47)34-21-25-37(26-22-34)53-42-19-8-7-17-38(42)40-29-35(23-27-43(40)53)36-24-28-44-41(30-36)39-18-9-15-31-16-10-20-45(54-44)46(31)39/h1-30H. The van der Waals surface area contributed by atoms with E-state index in [9.17, 15) is 0 Å². The minimum atomic E-state index is 0.643. The van der Waals surface area contributed by atoms with Crippen molar-refractivity contribution in [2.75, 3.05) is 0 Å². The molecule has 0 fully saturated rings. The smallest absolute Gasteiger partial charge is 0.164 e. The van der Waals surface area contributed by atoms with Crippen LogP contribution in [0, 0.1) is 0 Å². The summed E-state index contributed by atoms with van der Waals surface area (Å²) in [6.45, 7) is 0. The van der Waals surface area contributed by atoms with Gasteiger partial charge in [0.05, 0.1) is 11.0 Å². The molecule has 0 atom stereocenters. The van der Waals surface area contributed by atoms with Crippen molar-refractivity contribution in [1.82, 2.24) is 19.5 Å². The zero-order chi connectivity index (χ0) is 35.6. The summed E-state index contributed by atoms with van der Waals surface area (Å²) in [5.74, 6) is 1.95. The predicted molar refractivity (Wildman–Crippen MR) is 223 cm³/mol. The molecule has 4 nitrogen and oxygen atoms in total. The van der Waals surface area contributed by atoms with E-state index in [1.54, 1.807) is 0 Å².